The number of nitrogens with zero attached hydrogens (tertiary/aromatic N) is 1. The molecule has 1 aromatic carbocycles. The minimum Gasteiger partial charge on any atom is -0.337 e. The minimum absolute atomic E-state index is 0.0842. The first-order valence-electron chi connectivity index (χ1n) is 7.05. The van der Waals surface area contributed by atoms with Crippen LogP contribution in [0.4, 0.5) is 10.5 Å². The Hall–Kier alpha value is -2.04. The Balaban J connectivity index is 1.51. The number of hydrogen-bond acceptors (Lipinski definition) is 2. The van der Waals surface area contributed by atoms with E-state index in [9.17, 15) is 9.59 Å². The van der Waals surface area contributed by atoms with Crippen LogP contribution in [0.25, 0.3) is 0 Å². The van der Waals surface area contributed by atoms with Gasteiger partial charge < -0.3 is 15.5 Å². The Morgan fingerprint density at radius 3 is 2.65 bits per heavy atom. The Kier molecular flexibility index (Phi) is 3.34. The molecule has 106 valence electrons. The number of amides is 3. The monoisotopic (exact) mass is 273 g/mol. The van der Waals surface area contributed by atoms with Crippen LogP contribution in [0.2, 0.25) is 0 Å². The quantitative estimate of drug-likeness (QED) is 0.882. The molecule has 1 saturated carbocycles. The molecule has 0 bridgehead atoms. The van der Waals surface area contributed by atoms with Gasteiger partial charge in [0.1, 0.15) is 0 Å². The molecule has 0 spiro atoms. The van der Waals surface area contributed by atoms with Crippen molar-refractivity contribution in [2.24, 2.45) is 5.92 Å². The Morgan fingerprint density at radius 1 is 1.30 bits per heavy atom. The van der Waals surface area contributed by atoms with E-state index in [1.807, 2.05) is 35.2 Å². The normalized spacial score (nSPS) is 28.4. The summed E-state index contributed by atoms with van der Waals surface area (Å²) in [5.41, 5.74) is 0.752. The number of anilines is 1. The first-order valence-corrected chi connectivity index (χ1v) is 7.05. The molecule has 3 atom stereocenters. The number of carbonyl (C=O) groups excluding carboxylic acids is 2. The molecule has 1 saturated heterocycles. The van der Waals surface area contributed by atoms with Crippen LogP contribution in [-0.2, 0) is 4.79 Å². The molecule has 1 heterocycles. The maximum atomic E-state index is 11.9. The number of benzene rings is 1. The van der Waals surface area contributed by atoms with E-state index >= 15 is 0 Å². The van der Waals surface area contributed by atoms with E-state index in [1.54, 1.807) is 0 Å². The molecule has 1 aliphatic heterocycles. The molecular weight excluding hydrogens is 254 g/mol. The molecule has 0 unspecified atom stereocenters. The van der Waals surface area contributed by atoms with Crippen LogP contribution in [0, 0.1) is 5.92 Å². The molecule has 0 radical (unpaired) electrons. The summed E-state index contributed by atoms with van der Waals surface area (Å²) in [4.78, 5) is 25.7. The summed E-state index contributed by atoms with van der Waals surface area (Å²) in [5.74, 6) is 0.764. The second-order valence-electron chi connectivity index (χ2n) is 5.69. The van der Waals surface area contributed by atoms with Gasteiger partial charge >= 0.3 is 6.03 Å². The average Bonchev–Trinajstić information content (AvgIpc) is 3.02. The molecule has 5 nitrogen and oxygen atoms in total. The fourth-order valence-electron chi connectivity index (χ4n) is 2.76. The van der Waals surface area contributed by atoms with E-state index in [0.717, 1.165) is 12.1 Å². The maximum absolute atomic E-state index is 11.9. The van der Waals surface area contributed by atoms with Crippen molar-refractivity contribution >= 4 is 17.6 Å². The van der Waals surface area contributed by atoms with E-state index < -0.39 is 0 Å². The number of hydrogen-bond donors (Lipinski definition) is 2. The number of likely N-dealkylation sites (tertiary alicyclic amines) is 1. The summed E-state index contributed by atoms with van der Waals surface area (Å²) < 4.78 is 0. The standard InChI is InChI=1S/C15H19N3O2/c1-10-7-13(10)18-9-12(8-14(18)19)17-15(20)16-11-5-3-2-4-6-11/h2-6,10,12-13H,7-9H2,1H3,(H2,16,17,20)/t10-,12+,13+/m1/s1. The van der Waals surface area contributed by atoms with E-state index in [-0.39, 0.29) is 18.0 Å². The van der Waals surface area contributed by atoms with Gasteiger partial charge in [0, 0.05) is 24.7 Å². The zero-order valence-corrected chi connectivity index (χ0v) is 11.5. The number of nitrogens with one attached hydrogen (secondary N) is 2. The van der Waals surface area contributed by atoms with Crippen LogP contribution in [0.5, 0.6) is 0 Å². The molecule has 3 rings (SSSR count). The third-order valence-electron chi connectivity index (χ3n) is 3.99. The first-order chi connectivity index (χ1) is 9.63. The number of urea groups is 1. The predicted octanol–water partition coefficient (Wildman–Crippen LogP) is 1.82. The van der Waals surface area contributed by atoms with Gasteiger partial charge in [-0.25, -0.2) is 4.79 Å². The van der Waals surface area contributed by atoms with Crippen LogP contribution in [0.3, 0.4) is 0 Å². The summed E-state index contributed by atoms with van der Waals surface area (Å²) in [6.07, 6.45) is 1.50. The third kappa shape index (κ3) is 2.76. The number of carbonyl (C=O) groups is 2. The molecule has 5 heteroatoms. The predicted molar refractivity (Wildman–Crippen MR) is 76.3 cm³/mol. The smallest absolute Gasteiger partial charge is 0.319 e. The van der Waals surface area contributed by atoms with Gasteiger partial charge in [0.15, 0.2) is 0 Å². The lowest BCUT2D eigenvalue weighted by Gasteiger charge is -2.17. The zero-order valence-electron chi connectivity index (χ0n) is 11.5. The van der Waals surface area contributed by atoms with Crippen molar-refractivity contribution in [3.05, 3.63) is 30.3 Å². The molecule has 3 amide bonds. The molecule has 2 fully saturated rings. The summed E-state index contributed by atoms with van der Waals surface area (Å²) in [7, 11) is 0. The second-order valence-corrected chi connectivity index (χ2v) is 5.69. The lowest BCUT2D eigenvalue weighted by Crippen LogP contribution is -2.40. The maximum Gasteiger partial charge on any atom is 0.319 e. The summed E-state index contributed by atoms with van der Waals surface area (Å²) >= 11 is 0. The molecule has 20 heavy (non-hydrogen) atoms. The first kappa shape index (κ1) is 13.0. The SMILES string of the molecule is C[C@@H]1C[C@@H]1N1C[C@@H](NC(=O)Nc2ccccc2)CC1=O. The summed E-state index contributed by atoms with van der Waals surface area (Å²) in [5, 5.41) is 5.64. The second kappa shape index (κ2) is 5.15. The van der Waals surface area contributed by atoms with Crippen molar-refractivity contribution in [1.82, 2.24) is 10.2 Å². The van der Waals surface area contributed by atoms with Gasteiger partial charge in [0.05, 0.1) is 6.04 Å². The van der Waals surface area contributed by atoms with Crippen molar-refractivity contribution in [3.63, 3.8) is 0 Å². The zero-order chi connectivity index (χ0) is 14.1. The van der Waals surface area contributed by atoms with Crippen molar-refractivity contribution in [2.45, 2.75) is 31.8 Å². The summed E-state index contributed by atoms with van der Waals surface area (Å²) in [6.45, 7) is 2.79. The van der Waals surface area contributed by atoms with Gasteiger partial charge in [-0.3, -0.25) is 4.79 Å². The van der Waals surface area contributed by atoms with Gasteiger partial charge in [0.25, 0.3) is 0 Å². The molecule has 2 N–H and O–H groups in total. The highest BCUT2D eigenvalue weighted by Crippen LogP contribution is 2.37. The Bertz CT molecular complexity index is 517. The highest BCUT2D eigenvalue weighted by Gasteiger charge is 2.44. The third-order valence-corrected chi connectivity index (χ3v) is 3.99. The number of para-hydroxylation sites is 1. The topological polar surface area (TPSA) is 61.4 Å². The van der Waals surface area contributed by atoms with Crippen LogP contribution in [0.15, 0.2) is 30.3 Å². The molecule has 0 aromatic heterocycles. The average molecular weight is 273 g/mol. The fraction of sp³-hybridized carbons (Fsp3) is 0.467. The van der Waals surface area contributed by atoms with E-state index in [2.05, 4.69) is 17.6 Å². The van der Waals surface area contributed by atoms with Crippen molar-refractivity contribution < 1.29 is 9.59 Å². The molecular formula is C15H19N3O2. The molecule has 1 aromatic rings. The lowest BCUT2D eigenvalue weighted by atomic mass is 10.2. The van der Waals surface area contributed by atoms with E-state index in [1.165, 1.54) is 0 Å². The van der Waals surface area contributed by atoms with Crippen LogP contribution >= 0.6 is 0 Å². The minimum atomic E-state index is -0.250. The lowest BCUT2D eigenvalue weighted by molar-refractivity contribution is -0.128. The Morgan fingerprint density at radius 2 is 2.00 bits per heavy atom. The van der Waals surface area contributed by atoms with Gasteiger partial charge in [0.2, 0.25) is 5.91 Å². The van der Waals surface area contributed by atoms with Crippen molar-refractivity contribution in [3.8, 4) is 0 Å². The van der Waals surface area contributed by atoms with Crippen LogP contribution in [0.1, 0.15) is 19.8 Å². The fourth-order valence-corrected chi connectivity index (χ4v) is 2.76. The van der Waals surface area contributed by atoms with Crippen molar-refractivity contribution in [2.75, 3.05) is 11.9 Å². The van der Waals surface area contributed by atoms with Gasteiger partial charge in [-0.05, 0) is 24.5 Å². The molecule has 1 aliphatic carbocycles. The van der Waals surface area contributed by atoms with E-state index in [4.69, 9.17) is 0 Å². The van der Waals surface area contributed by atoms with Gasteiger partial charge in [-0.15, -0.1) is 0 Å². The summed E-state index contributed by atoms with van der Waals surface area (Å²) in [6, 6.07) is 9.35. The highest BCUT2D eigenvalue weighted by molar-refractivity contribution is 5.90. The largest absolute Gasteiger partial charge is 0.337 e. The van der Waals surface area contributed by atoms with E-state index in [0.29, 0.717) is 24.9 Å². The Labute approximate surface area is 118 Å². The van der Waals surface area contributed by atoms with Crippen LogP contribution < -0.4 is 10.6 Å². The van der Waals surface area contributed by atoms with Gasteiger partial charge in [-0.2, -0.15) is 0 Å². The van der Waals surface area contributed by atoms with Gasteiger partial charge in [-0.1, -0.05) is 25.1 Å². The van der Waals surface area contributed by atoms with Crippen LogP contribution in [-0.4, -0.2) is 35.5 Å². The van der Waals surface area contributed by atoms with Crippen molar-refractivity contribution in [1.29, 1.82) is 0 Å². The highest BCUT2D eigenvalue weighted by atomic mass is 16.2. The molecule has 2 aliphatic rings. The number of rotatable bonds is 3.